The summed E-state index contributed by atoms with van der Waals surface area (Å²) in [6.45, 7) is 4.49. The van der Waals surface area contributed by atoms with Crippen LogP contribution < -0.4 is 10.6 Å². The number of hydrogen-bond donors (Lipinski definition) is 1. The van der Waals surface area contributed by atoms with Crippen molar-refractivity contribution < 1.29 is 9.53 Å². The first kappa shape index (κ1) is 15.7. The summed E-state index contributed by atoms with van der Waals surface area (Å²) in [5, 5.41) is 0. The molecule has 1 aliphatic carbocycles. The molecule has 1 aromatic carbocycles. The predicted octanol–water partition coefficient (Wildman–Crippen LogP) is 3.46. The van der Waals surface area contributed by atoms with Crippen LogP contribution in [0.25, 0.3) is 0 Å². The fourth-order valence-electron chi connectivity index (χ4n) is 3.24. The Morgan fingerprint density at radius 3 is 2.76 bits per heavy atom. The predicted molar refractivity (Wildman–Crippen MR) is 86.6 cm³/mol. The number of nitrogens with two attached hydrogens (primary N) is 1. The summed E-state index contributed by atoms with van der Waals surface area (Å²) in [6, 6.07) is 5.87. The maximum atomic E-state index is 11.9. The van der Waals surface area contributed by atoms with Crippen LogP contribution in [0.2, 0.25) is 0 Å². The van der Waals surface area contributed by atoms with E-state index in [2.05, 4.69) is 18.9 Å². The molecule has 0 saturated heterocycles. The molecule has 0 heterocycles. The minimum atomic E-state index is -0.288. The smallest absolute Gasteiger partial charge is 0.338 e. The van der Waals surface area contributed by atoms with E-state index in [9.17, 15) is 4.79 Å². The molecule has 2 unspecified atom stereocenters. The van der Waals surface area contributed by atoms with Gasteiger partial charge in [-0.2, -0.15) is 0 Å². The van der Waals surface area contributed by atoms with Gasteiger partial charge < -0.3 is 15.4 Å². The van der Waals surface area contributed by atoms with Crippen LogP contribution in [-0.2, 0) is 4.74 Å². The summed E-state index contributed by atoms with van der Waals surface area (Å²) in [6.07, 6.45) is 5.01. The van der Waals surface area contributed by atoms with Gasteiger partial charge in [0.05, 0.1) is 23.5 Å². The molecular formula is C17H26N2O2. The van der Waals surface area contributed by atoms with Gasteiger partial charge in [-0.05, 0) is 43.9 Å². The highest BCUT2D eigenvalue weighted by Crippen LogP contribution is 2.33. The van der Waals surface area contributed by atoms with Gasteiger partial charge in [0.2, 0.25) is 0 Å². The van der Waals surface area contributed by atoms with Crippen molar-refractivity contribution in [3.63, 3.8) is 0 Å². The zero-order chi connectivity index (χ0) is 15.4. The fraction of sp³-hybridized carbons (Fsp3) is 0.588. The van der Waals surface area contributed by atoms with Gasteiger partial charge in [-0.3, -0.25) is 0 Å². The molecule has 1 aliphatic rings. The quantitative estimate of drug-likeness (QED) is 0.681. The maximum Gasteiger partial charge on any atom is 0.338 e. The minimum Gasteiger partial charge on any atom is -0.462 e. The molecule has 0 bridgehead atoms. The third-order valence-electron chi connectivity index (χ3n) is 4.49. The van der Waals surface area contributed by atoms with E-state index in [1.54, 1.807) is 12.1 Å². The Hall–Kier alpha value is -1.71. The van der Waals surface area contributed by atoms with Crippen molar-refractivity contribution in [2.75, 3.05) is 24.3 Å². The summed E-state index contributed by atoms with van der Waals surface area (Å²) in [7, 11) is 2.08. The van der Waals surface area contributed by atoms with E-state index >= 15 is 0 Å². The van der Waals surface area contributed by atoms with Crippen LogP contribution >= 0.6 is 0 Å². The Bertz CT molecular complexity index is 502. The second-order valence-electron chi connectivity index (χ2n) is 5.93. The van der Waals surface area contributed by atoms with Crippen LogP contribution in [0.3, 0.4) is 0 Å². The van der Waals surface area contributed by atoms with Gasteiger partial charge in [-0.15, -0.1) is 0 Å². The summed E-state index contributed by atoms with van der Waals surface area (Å²) in [5.41, 5.74) is 8.33. The van der Waals surface area contributed by atoms with Gasteiger partial charge in [0, 0.05) is 13.1 Å². The van der Waals surface area contributed by atoms with Crippen molar-refractivity contribution in [1.29, 1.82) is 0 Å². The number of carbonyl (C=O) groups is 1. The van der Waals surface area contributed by atoms with Crippen LogP contribution in [0.15, 0.2) is 18.2 Å². The molecule has 21 heavy (non-hydrogen) atoms. The monoisotopic (exact) mass is 290 g/mol. The molecule has 2 atom stereocenters. The number of nitrogen functional groups attached to an aromatic ring is 1. The highest BCUT2D eigenvalue weighted by molar-refractivity contribution is 5.92. The molecule has 1 saturated carbocycles. The average molecular weight is 290 g/mol. The van der Waals surface area contributed by atoms with Gasteiger partial charge >= 0.3 is 5.97 Å². The van der Waals surface area contributed by atoms with Gasteiger partial charge in [0.1, 0.15) is 0 Å². The van der Waals surface area contributed by atoms with E-state index in [1.165, 1.54) is 25.7 Å². The number of ether oxygens (including phenoxy) is 1. The number of esters is 1. The number of rotatable bonds is 4. The Labute approximate surface area is 127 Å². The molecule has 2 N–H and O–H groups in total. The molecule has 0 aromatic heterocycles. The molecule has 0 aliphatic heterocycles. The van der Waals surface area contributed by atoms with Crippen molar-refractivity contribution in [2.24, 2.45) is 5.92 Å². The largest absolute Gasteiger partial charge is 0.462 e. The van der Waals surface area contributed by atoms with E-state index in [0.717, 1.165) is 5.69 Å². The van der Waals surface area contributed by atoms with E-state index in [0.29, 0.717) is 29.8 Å². The van der Waals surface area contributed by atoms with Crippen molar-refractivity contribution >= 4 is 17.3 Å². The lowest BCUT2D eigenvalue weighted by Gasteiger charge is -2.38. The Morgan fingerprint density at radius 1 is 1.38 bits per heavy atom. The lowest BCUT2D eigenvalue weighted by molar-refractivity contribution is 0.0526. The first-order chi connectivity index (χ1) is 10.0. The van der Waals surface area contributed by atoms with Gasteiger partial charge in [-0.25, -0.2) is 4.79 Å². The SMILES string of the molecule is CCOC(=O)c1ccc(N)c(N(C)C2CCCCC2C)c1. The van der Waals surface area contributed by atoms with Gasteiger partial charge in [0.15, 0.2) is 0 Å². The van der Waals surface area contributed by atoms with E-state index in [1.807, 2.05) is 13.0 Å². The first-order valence-electron chi connectivity index (χ1n) is 7.84. The Morgan fingerprint density at radius 2 is 2.10 bits per heavy atom. The fourth-order valence-corrected chi connectivity index (χ4v) is 3.24. The standard InChI is InChI=1S/C17H26N2O2/c1-4-21-17(20)13-9-10-14(18)16(11-13)19(3)15-8-6-5-7-12(15)2/h9-12,15H,4-8,18H2,1-3H3. The highest BCUT2D eigenvalue weighted by atomic mass is 16.5. The van der Waals surface area contributed by atoms with Crippen LogP contribution in [0, 0.1) is 5.92 Å². The number of nitrogens with zero attached hydrogens (tertiary/aromatic N) is 1. The second-order valence-corrected chi connectivity index (χ2v) is 5.93. The molecular weight excluding hydrogens is 264 g/mol. The molecule has 0 spiro atoms. The minimum absolute atomic E-state index is 0.288. The van der Waals surface area contributed by atoms with Crippen molar-refractivity contribution in [2.45, 2.75) is 45.6 Å². The molecule has 0 amide bonds. The average Bonchev–Trinajstić information content (AvgIpc) is 2.48. The normalized spacial score (nSPS) is 21.9. The van der Waals surface area contributed by atoms with Gasteiger partial charge in [-0.1, -0.05) is 19.8 Å². The summed E-state index contributed by atoms with van der Waals surface area (Å²) in [5.74, 6) is 0.359. The zero-order valence-electron chi connectivity index (χ0n) is 13.3. The third-order valence-corrected chi connectivity index (χ3v) is 4.49. The van der Waals surface area contributed by atoms with Crippen molar-refractivity contribution in [3.05, 3.63) is 23.8 Å². The molecule has 116 valence electrons. The van der Waals surface area contributed by atoms with Crippen LogP contribution in [0.1, 0.15) is 49.9 Å². The van der Waals surface area contributed by atoms with Crippen LogP contribution in [0.5, 0.6) is 0 Å². The lowest BCUT2D eigenvalue weighted by atomic mass is 9.85. The molecule has 4 nitrogen and oxygen atoms in total. The van der Waals surface area contributed by atoms with E-state index < -0.39 is 0 Å². The molecule has 0 radical (unpaired) electrons. The summed E-state index contributed by atoms with van der Waals surface area (Å²) >= 11 is 0. The molecule has 1 aromatic rings. The molecule has 2 rings (SSSR count). The Balaban J connectivity index is 2.25. The zero-order valence-corrected chi connectivity index (χ0v) is 13.3. The summed E-state index contributed by atoms with van der Waals surface area (Å²) < 4.78 is 5.07. The van der Waals surface area contributed by atoms with Gasteiger partial charge in [0.25, 0.3) is 0 Å². The number of hydrogen-bond acceptors (Lipinski definition) is 4. The highest BCUT2D eigenvalue weighted by Gasteiger charge is 2.26. The van der Waals surface area contributed by atoms with E-state index in [-0.39, 0.29) is 5.97 Å². The molecule has 4 heteroatoms. The number of anilines is 2. The van der Waals surface area contributed by atoms with Crippen molar-refractivity contribution in [3.8, 4) is 0 Å². The number of carbonyl (C=O) groups excluding carboxylic acids is 1. The summed E-state index contributed by atoms with van der Waals surface area (Å²) in [4.78, 5) is 14.1. The third kappa shape index (κ3) is 3.49. The van der Waals surface area contributed by atoms with E-state index in [4.69, 9.17) is 10.5 Å². The lowest BCUT2D eigenvalue weighted by Crippen LogP contribution is -2.39. The first-order valence-corrected chi connectivity index (χ1v) is 7.84. The van der Waals surface area contributed by atoms with Crippen molar-refractivity contribution in [1.82, 2.24) is 0 Å². The maximum absolute atomic E-state index is 11.9. The Kier molecular flexibility index (Phi) is 5.10. The topological polar surface area (TPSA) is 55.6 Å². The molecule has 1 fully saturated rings. The van der Waals surface area contributed by atoms with Crippen LogP contribution in [0.4, 0.5) is 11.4 Å². The number of benzene rings is 1. The van der Waals surface area contributed by atoms with Crippen LogP contribution in [-0.4, -0.2) is 25.7 Å². The second kappa shape index (κ2) is 6.83.